The SMILES string of the molecule is Cc1ccc(NCC(O)Cn2cnc3ccc(Cl)c(Br)c3c2=O)cc1. The predicted octanol–water partition coefficient (Wildman–Crippen LogP) is 3.59. The smallest absolute Gasteiger partial charge is 0.262 e. The molecule has 1 unspecified atom stereocenters. The largest absolute Gasteiger partial charge is 0.389 e. The van der Waals surface area contributed by atoms with Crippen molar-refractivity contribution in [2.75, 3.05) is 11.9 Å². The van der Waals surface area contributed by atoms with Crippen LogP contribution in [0.2, 0.25) is 5.02 Å². The van der Waals surface area contributed by atoms with Gasteiger partial charge in [0.2, 0.25) is 0 Å². The maximum atomic E-state index is 12.7. The Balaban J connectivity index is 1.76. The molecule has 1 heterocycles. The summed E-state index contributed by atoms with van der Waals surface area (Å²) >= 11 is 9.40. The standard InChI is InChI=1S/C18H17BrClN3O2/c1-11-2-4-12(5-3-11)21-8-13(24)9-23-10-22-15-7-6-14(20)17(19)16(15)18(23)25/h2-7,10,13,21,24H,8-9H2,1H3. The first kappa shape index (κ1) is 17.9. The molecule has 2 N–H and O–H groups in total. The minimum absolute atomic E-state index is 0.138. The number of aromatic nitrogens is 2. The molecule has 0 aliphatic heterocycles. The fourth-order valence-corrected chi connectivity index (χ4v) is 3.17. The van der Waals surface area contributed by atoms with Crippen LogP contribution in [0.4, 0.5) is 5.69 Å². The molecule has 0 bridgehead atoms. The Kier molecular flexibility index (Phi) is 5.42. The van der Waals surface area contributed by atoms with Crippen molar-refractivity contribution in [1.82, 2.24) is 9.55 Å². The second kappa shape index (κ2) is 7.56. The van der Waals surface area contributed by atoms with Gasteiger partial charge >= 0.3 is 0 Å². The van der Waals surface area contributed by atoms with Crippen LogP contribution in [-0.2, 0) is 6.54 Å². The first-order valence-corrected chi connectivity index (χ1v) is 8.94. The number of benzene rings is 2. The summed E-state index contributed by atoms with van der Waals surface area (Å²) in [6.07, 6.45) is 0.705. The Labute approximate surface area is 158 Å². The van der Waals surface area contributed by atoms with E-state index in [0.29, 0.717) is 26.9 Å². The van der Waals surface area contributed by atoms with E-state index in [-0.39, 0.29) is 12.1 Å². The normalized spacial score (nSPS) is 12.3. The summed E-state index contributed by atoms with van der Waals surface area (Å²) in [5, 5.41) is 14.3. The lowest BCUT2D eigenvalue weighted by atomic mass is 10.2. The van der Waals surface area contributed by atoms with Gasteiger partial charge in [-0.1, -0.05) is 29.3 Å². The van der Waals surface area contributed by atoms with Crippen LogP contribution in [0, 0.1) is 6.92 Å². The molecule has 1 aromatic heterocycles. The molecule has 7 heteroatoms. The van der Waals surface area contributed by atoms with Crippen molar-refractivity contribution in [3.8, 4) is 0 Å². The van der Waals surface area contributed by atoms with Crippen LogP contribution in [0.5, 0.6) is 0 Å². The van der Waals surface area contributed by atoms with Gasteiger partial charge in [0.25, 0.3) is 5.56 Å². The van der Waals surface area contributed by atoms with Crippen LogP contribution in [0.3, 0.4) is 0 Å². The van der Waals surface area contributed by atoms with E-state index in [2.05, 4.69) is 26.2 Å². The molecule has 0 saturated heterocycles. The molecule has 3 rings (SSSR count). The molecule has 0 amide bonds. The third kappa shape index (κ3) is 4.03. The lowest BCUT2D eigenvalue weighted by Crippen LogP contribution is -2.31. The predicted molar refractivity (Wildman–Crippen MR) is 104 cm³/mol. The molecule has 0 saturated carbocycles. The van der Waals surface area contributed by atoms with Crippen LogP contribution in [0.15, 0.2) is 52.0 Å². The van der Waals surface area contributed by atoms with E-state index in [1.165, 1.54) is 16.5 Å². The van der Waals surface area contributed by atoms with Crippen LogP contribution < -0.4 is 10.9 Å². The van der Waals surface area contributed by atoms with E-state index in [9.17, 15) is 9.90 Å². The molecule has 25 heavy (non-hydrogen) atoms. The van der Waals surface area contributed by atoms with E-state index < -0.39 is 6.10 Å². The number of fused-ring (bicyclic) bond motifs is 1. The summed E-state index contributed by atoms with van der Waals surface area (Å²) in [5.41, 5.74) is 2.41. The number of aliphatic hydroxyl groups is 1. The highest BCUT2D eigenvalue weighted by atomic mass is 79.9. The van der Waals surface area contributed by atoms with Crippen LogP contribution >= 0.6 is 27.5 Å². The number of hydrogen-bond donors (Lipinski definition) is 2. The zero-order valence-corrected chi connectivity index (χ0v) is 15.9. The zero-order chi connectivity index (χ0) is 18.0. The molecule has 3 aromatic rings. The minimum Gasteiger partial charge on any atom is -0.389 e. The second-order valence-electron chi connectivity index (χ2n) is 5.86. The number of rotatable bonds is 5. The van der Waals surface area contributed by atoms with Crippen LogP contribution in [0.25, 0.3) is 10.9 Å². The summed E-state index contributed by atoms with van der Waals surface area (Å²) in [5.74, 6) is 0. The number of anilines is 1. The molecule has 0 radical (unpaired) electrons. The number of nitrogens with zero attached hydrogens (tertiary/aromatic N) is 2. The molecule has 5 nitrogen and oxygen atoms in total. The van der Waals surface area contributed by atoms with Gasteiger partial charge in [0.1, 0.15) is 0 Å². The molecular formula is C18H17BrClN3O2. The van der Waals surface area contributed by atoms with Crippen molar-refractivity contribution in [2.24, 2.45) is 0 Å². The summed E-state index contributed by atoms with van der Waals surface area (Å²) in [6, 6.07) is 11.3. The first-order chi connectivity index (χ1) is 12.0. The van der Waals surface area contributed by atoms with E-state index in [0.717, 1.165) is 5.69 Å². The lowest BCUT2D eigenvalue weighted by Gasteiger charge is -2.15. The highest BCUT2D eigenvalue weighted by Crippen LogP contribution is 2.27. The van der Waals surface area contributed by atoms with Gasteiger partial charge in [-0.15, -0.1) is 0 Å². The quantitative estimate of drug-likeness (QED) is 0.659. The van der Waals surface area contributed by atoms with Gasteiger partial charge in [-0.2, -0.15) is 0 Å². The summed E-state index contributed by atoms with van der Waals surface area (Å²) in [4.78, 5) is 16.9. The van der Waals surface area contributed by atoms with E-state index in [1.54, 1.807) is 12.1 Å². The number of hydrogen-bond acceptors (Lipinski definition) is 4. The van der Waals surface area contributed by atoms with E-state index in [4.69, 9.17) is 11.6 Å². The Morgan fingerprint density at radius 1 is 1.28 bits per heavy atom. The maximum absolute atomic E-state index is 12.7. The lowest BCUT2D eigenvalue weighted by molar-refractivity contribution is 0.165. The Morgan fingerprint density at radius 3 is 2.72 bits per heavy atom. The van der Waals surface area contributed by atoms with Crippen LogP contribution in [-0.4, -0.2) is 27.3 Å². The number of halogens is 2. The van der Waals surface area contributed by atoms with Gasteiger partial charge in [-0.25, -0.2) is 4.98 Å². The van der Waals surface area contributed by atoms with Gasteiger partial charge in [0.15, 0.2) is 0 Å². The monoisotopic (exact) mass is 421 g/mol. The third-order valence-electron chi connectivity index (χ3n) is 3.88. The fraction of sp³-hybridized carbons (Fsp3) is 0.222. The number of aryl methyl sites for hydroxylation is 1. The molecule has 130 valence electrons. The highest BCUT2D eigenvalue weighted by Gasteiger charge is 2.13. The van der Waals surface area contributed by atoms with Crippen molar-refractivity contribution in [1.29, 1.82) is 0 Å². The van der Waals surface area contributed by atoms with Gasteiger partial charge < -0.3 is 10.4 Å². The minimum atomic E-state index is -0.740. The topological polar surface area (TPSA) is 67.2 Å². The average Bonchev–Trinajstić information content (AvgIpc) is 2.60. The molecule has 2 aromatic carbocycles. The van der Waals surface area contributed by atoms with Gasteiger partial charge in [-0.05, 0) is 47.1 Å². The Morgan fingerprint density at radius 2 is 2.00 bits per heavy atom. The van der Waals surface area contributed by atoms with Gasteiger partial charge in [0.05, 0.1) is 39.4 Å². The molecule has 0 aliphatic carbocycles. The molecular weight excluding hydrogens is 406 g/mol. The van der Waals surface area contributed by atoms with Gasteiger partial charge in [0, 0.05) is 12.2 Å². The van der Waals surface area contributed by atoms with Crippen molar-refractivity contribution < 1.29 is 5.11 Å². The summed E-state index contributed by atoms with van der Waals surface area (Å²) in [6.45, 7) is 2.48. The van der Waals surface area contributed by atoms with Crippen molar-refractivity contribution in [3.63, 3.8) is 0 Å². The Bertz CT molecular complexity index is 957. The Hall–Kier alpha value is -1.89. The fourth-order valence-electron chi connectivity index (χ4n) is 2.51. The average molecular weight is 423 g/mol. The van der Waals surface area contributed by atoms with Crippen molar-refractivity contribution >= 4 is 44.1 Å². The molecule has 0 aliphatic rings. The molecule has 0 spiro atoms. The summed E-state index contributed by atoms with van der Waals surface area (Å²) in [7, 11) is 0. The second-order valence-corrected chi connectivity index (χ2v) is 7.06. The van der Waals surface area contributed by atoms with Crippen molar-refractivity contribution in [3.05, 3.63) is 68.1 Å². The zero-order valence-electron chi connectivity index (χ0n) is 13.5. The molecule has 1 atom stereocenters. The highest BCUT2D eigenvalue weighted by molar-refractivity contribution is 9.10. The number of nitrogens with one attached hydrogen (secondary N) is 1. The first-order valence-electron chi connectivity index (χ1n) is 7.77. The van der Waals surface area contributed by atoms with Gasteiger partial charge in [-0.3, -0.25) is 9.36 Å². The van der Waals surface area contributed by atoms with E-state index >= 15 is 0 Å². The van der Waals surface area contributed by atoms with Crippen LogP contribution in [0.1, 0.15) is 5.56 Å². The van der Waals surface area contributed by atoms with E-state index in [1.807, 2.05) is 31.2 Å². The summed E-state index contributed by atoms with van der Waals surface area (Å²) < 4.78 is 1.91. The maximum Gasteiger partial charge on any atom is 0.262 e. The van der Waals surface area contributed by atoms with Crippen molar-refractivity contribution in [2.45, 2.75) is 19.6 Å². The third-order valence-corrected chi connectivity index (χ3v) is 5.25. The number of aliphatic hydroxyl groups excluding tert-OH is 1. The molecule has 0 fully saturated rings.